The third kappa shape index (κ3) is 2.85. The molecule has 0 amide bonds. The Bertz CT molecular complexity index is 557. The Labute approximate surface area is 153 Å². The summed E-state index contributed by atoms with van der Waals surface area (Å²) < 4.78 is 16.1. The number of alkyl halides is 1. The Morgan fingerprint density at radius 2 is 1.69 bits per heavy atom. The van der Waals surface area contributed by atoms with Crippen molar-refractivity contribution in [1.29, 1.82) is 0 Å². The number of aliphatic hydroxyl groups excluding tert-OH is 6. The molecular weight excluding hydrogens is 376 g/mol. The number of ether oxygens (including phenoxy) is 3. The van der Waals surface area contributed by atoms with Crippen LogP contribution in [-0.2, 0) is 14.2 Å². The minimum atomic E-state index is -1.97. The van der Waals surface area contributed by atoms with E-state index in [0.29, 0.717) is 0 Å². The molecule has 1 aliphatic carbocycles. The second kappa shape index (κ2) is 6.82. The molecule has 0 aromatic carbocycles. The lowest BCUT2D eigenvalue weighted by atomic mass is 9.83. The van der Waals surface area contributed by atoms with Gasteiger partial charge in [-0.1, -0.05) is 0 Å². The fourth-order valence-electron chi connectivity index (χ4n) is 3.79. The van der Waals surface area contributed by atoms with Gasteiger partial charge < -0.3 is 50.0 Å². The average Bonchev–Trinajstić information content (AvgIpc) is 2.73. The van der Waals surface area contributed by atoms with Gasteiger partial charge in [-0.25, -0.2) is 0 Å². The molecule has 1 saturated carbocycles. The van der Waals surface area contributed by atoms with Crippen LogP contribution in [0.4, 0.5) is 0 Å². The van der Waals surface area contributed by atoms with Crippen molar-refractivity contribution in [3.8, 4) is 0 Å². The van der Waals surface area contributed by atoms with Gasteiger partial charge in [0.1, 0.15) is 42.2 Å². The van der Waals surface area contributed by atoms with Crippen LogP contribution in [0.25, 0.3) is 0 Å². The lowest BCUT2D eigenvalue weighted by Crippen LogP contribution is -2.61. The van der Waals surface area contributed by atoms with Crippen molar-refractivity contribution in [3.63, 3.8) is 0 Å². The summed E-state index contributed by atoms with van der Waals surface area (Å²) in [6.07, 6.45) is -9.94. The molecule has 0 aromatic rings. The van der Waals surface area contributed by atoms with Gasteiger partial charge >= 0.3 is 0 Å². The van der Waals surface area contributed by atoms with Crippen molar-refractivity contribution >= 4 is 11.6 Å². The fraction of sp³-hybridized carbons (Fsp3) is 0.867. The van der Waals surface area contributed by atoms with Crippen LogP contribution in [-0.4, -0.2) is 102 Å². The van der Waals surface area contributed by atoms with E-state index in [9.17, 15) is 35.7 Å². The largest absolute Gasteiger partial charge is 0.472 e. The monoisotopic (exact) mass is 398 g/mol. The third-order valence-electron chi connectivity index (χ3n) is 5.39. The minimum Gasteiger partial charge on any atom is -0.472 e. The minimum absolute atomic E-state index is 0.645. The van der Waals surface area contributed by atoms with Crippen LogP contribution in [0.2, 0.25) is 0 Å². The van der Waals surface area contributed by atoms with Crippen molar-refractivity contribution in [3.05, 3.63) is 12.3 Å². The maximum absolute atomic E-state index is 10.8. The first-order chi connectivity index (χ1) is 12.1. The summed E-state index contributed by atoms with van der Waals surface area (Å²) in [6.45, 7) is 0.742. The van der Waals surface area contributed by atoms with E-state index in [-0.39, 0.29) is 0 Å². The summed E-state index contributed by atoms with van der Waals surface area (Å²) in [7, 11) is 0. The first kappa shape index (κ1) is 20.2. The van der Waals surface area contributed by atoms with Crippen molar-refractivity contribution in [2.24, 2.45) is 5.92 Å². The molecule has 1 saturated heterocycles. The van der Waals surface area contributed by atoms with Gasteiger partial charge in [-0.3, -0.25) is 0 Å². The van der Waals surface area contributed by atoms with E-state index in [4.69, 9.17) is 25.8 Å². The van der Waals surface area contributed by atoms with Crippen molar-refractivity contribution < 1.29 is 50.0 Å². The van der Waals surface area contributed by atoms with E-state index in [1.807, 2.05) is 0 Å². The molecule has 0 bridgehead atoms. The maximum Gasteiger partial charge on any atom is 0.209 e. The zero-order valence-electron chi connectivity index (χ0n) is 13.8. The summed E-state index contributed by atoms with van der Waals surface area (Å²) in [5.74, 6) is -1.17. The van der Waals surface area contributed by atoms with E-state index in [1.165, 1.54) is 6.92 Å². The summed E-state index contributed by atoms with van der Waals surface area (Å²) in [4.78, 5) is -1.56. The Hall–Kier alpha value is -0.530. The first-order valence-electron chi connectivity index (χ1n) is 8.12. The van der Waals surface area contributed by atoms with Crippen LogP contribution < -0.4 is 0 Å². The second-order valence-electron chi connectivity index (χ2n) is 7.05. The number of halogens is 1. The number of aliphatic hydroxyl groups is 7. The number of hydrogen-bond donors (Lipinski definition) is 7. The molecule has 0 radical (unpaired) electrons. The normalized spacial score (nSPS) is 56.9. The maximum atomic E-state index is 10.8. The van der Waals surface area contributed by atoms with Gasteiger partial charge in [0.2, 0.25) is 6.29 Å². The standard InChI is InChI=1S/C15H23ClO10/c1-14(16)9-13(24-3-2-15(9,23)11(22)10(14)21)26-12-8(20)7(19)6(18)5(4-17)25-12/h2-3,5-13,17-23H,4H2,1H3/t5-,6-,7+,8-,9?,10+,11-,12+,13?,14+,15+/m1/s1. The predicted octanol–water partition coefficient (Wildman–Crippen LogP) is -3.25. The Balaban J connectivity index is 1.85. The smallest absolute Gasteiger partial charge is 0.209 e. The predicted molar refractivity (Wildman–Crippen MR) is 83.6 cm³/mol. The molecule has 26 heavy (non-hydrogen) atoms. The highest BCUT2D eigenvalue weighted by Crippen LogP contribution is 2.52. The van der Waals surface area contributed by atoms with Crippen LogP contribution in [0.5, 0.6) is 0 Å². The van der Waals surface area contributed by atoms with Gasteiger partial charge in [0.25, 0.3) is 0 Å². The Morgan fingerprint density at radius 3 is 2.31 bits per heavy atom. The summed E-state index contributed by atoms with van der Waals surface area (Å²) in [5.41, 5.74) is -1.97. The molecule has 2 fully saturated rings. The average molecular weight is 399 g/mol. The zero-order chi connectivity index (χ0) is 19.4. The van der Waals surface area contributed by atoms with Gasteiger partial charge in [0, 0.05) is 0 Å². The van der Waals surface area contributed by atoms with Crippen molar-refractivity contribution in [2.45, 2.75) is 66.6 Å². The third-order valence-corrected chi connectivity index (χ3v) is 5.85. The van der Waals surface area contributed by atoms with Crippen LogP contribution in [0, 0.1) is 5.92 Å². The molecule has 7 N–H and O–H groups in total. The lowest BCUT2D eigenvalue weighted by molar-refractivity contribution is -0.346. The fourth-order valence-corrected chi connectivity index (χ4v) is 4.19. The summed E-state index contributed by atoms with van der Waals surface area (Å²) in [5, 5.41) is 70.1. The molecule has 10 nitrogen and oxygen atoms in total. The van der Waals surface area contributed by atoms with Crippen molar-refractivity contribution in [1.82, 2.24) is 0 Å². The highest BCUT2D eigenvalue weighted by molar-refractivity contribution is 6.24. The van der Waals surface area contributed by atoms with Gasteiger partial charge in [-0.05, 0) is 13.0 Å². The number of rotatable bonds is 3. The highest BCUT2D eigenvalue weighted by atomic mass is 35.5. The SMILES string of the molecule is C[C@]1(Cl)C2C(O[C@@H]3O[C@H](CO)[C@@H](O)[C@H](O)[C@H]3O)OC=C[C@@]2(O)[C@H](O)[C@@H]1O. The molecule has 0 aromatic heterocycles. The second-order valence-corrected chi connectivity index (χ2v) is 7.86. The Morgan fingerprint density at radius 1 is 1.04 bits per heavy atom. The molecule has 2 aliphatic heterocycles. The summed E-state index contributed by atoms with van der Waals surface area (Å²) >= 11 is 6.34. The first-order valence-corrected chi connectivity index (χ1v) is 8.50. The van der Waals surface area contributed by atoms with E-state index in [2.05, 4.69) is 0 Å². The molecule has 0 spiro atoms. The van der Waals surface area contributed by atoms with Crippen molar-refractivity contribution in [2.75, 3.05) is 6.61 Å². The van der Waals surface area contributed by atoms with Crippen LogP contribution >= 0.6 is 11.6 Å². The van der Waals surface area contributed by atoms with Crippen LogP contribution in [0.1, 0.15) is 6.92 Å². The lowest BCUT2D eigenvalue weighted by Gasteiger charge is -2.45. The van der Waals surface area contributed by atoms with Gasteiger partial charge in [0.05, 0.1) is 23.7 Å². The van der Waals surface area contributed by atoms with Crippen LogP contribution in [0.3, 0.4) is 0 Å². The topological polar surface area (TPSA) is 169 Å². The van der Waals surface area contributed by atoms with Gasteiger partial charge in [-0.2, -0.15) is 0 Å². The molecule has 11 heteroatoms. The molecule has 11 atom stereocenters. The molecule has 3 rings (SSSR count). The van der Waals surface area contributed by atoms with E-state index in [0.717, 1.165) is 12.3 Å². The van der Waals surface area contributed by atoms with E-state index >= 15 is 0 Å². The molecule has 3 aliphatic rings. The molecular formula is C15H23ClO10. The molecule has 150 valence electrons. The van der Waals surface area contributed by atoms with Gasteiger partial charge in [-0.15, -0.1) is 11.6 Å². The van der Waals surface area contributed by atoms with E-state index in [1.54, 1.807) is 0 Å². The Kier molecular flexibility index (Phi) is 5.30. The molecule has 2 unspecified atom stereocenters. The molecule has 2 heterocycles. The van der Waals surface area contributed by atoms with Crippen LogP contribution in [0.15, 0.2) is 12.3 Å². The van der Waals surface area contributed by atoms with E-state index < -0.39 is 72.2 Å². The quantitative estimate of drug-likeness (QED) is 0.240. The number of hydrogen-bond acceptors (Lipinski definition) is 10. The van der Waals surface area contributed by atoms with Gasteiger partial charge in [0.15, 0.2) is 6.29 Å². The zero-order valence-corrected chi connectivity index (χ0v) is 14.5. The summed E-state index contributed by atoms with van der Waals surface area (Å²) in [6, 6.07) is 0. The highest BCUT2D eigenvalue weighted by Gasteiger charge is 2.68. The number of fused-ring (bicyclic) bond motifs is 1.